The van der Waals surface area contributed by atoms with Gasteiger partial charge in [0.25, 0.3) is 0 Å². The highest BCUT2D eigenvalue weighted by Gasteiger charge is 2.54. The van der Waals surface area contributed by atoms with Crippen LogP contribution in [0.25, 0.3) is 0 Å². The van der Waals surface area contributed by atoms with E-state index >= 15 is 0 Å². The van der Waals surface area contributed by atoms with Crippen LogP contribution in [0.4, 0.5) is 0 Å². The van der Waals surface area contributed by atoms with E-state index in [1.165, 1.54) is 0 Å². The van der Waals surface area contributed by atoms with Gasteiger partial charge in [-0.25, -0.2) is 0 Å². The summed E-state index contributed by atoms with van der Waals surface area (Å²) in [6.07, 6.45) is -1.68. The molecule has 0 unspecified atom stereocenters. The van der Waals surface area contributed by atoms with Crippen LogP contribution in [0.2, 0.25) is 0 Å². The number of ether oxygens (including phenoxy) is 4. The van der Waals surface area contributed by atoms with Crippen LogP contribution < -0.4 is 0 Å². The quantitative estimate of drug-likeness (QED) is 0.725. The molecular formula is C12H21NO5. The number of morpholine rings is 1. The molecule has 0 radical (unpaired) electrons. The molecule has 0 aromatic rings. The van der Waals surface area contributed by atoms with Gasteiger partial charge in [0.1, 0.15) is 18.3 Å². The lowest BCUT2D eigenvalue weighted by Gasteiger charge is -2.30. The summed E-state index contributed by atoms with van der Waals surface area (Å²) in [6.45, 7) is 7.62. The SMILES string of the molecule is CC1(C)O[C@H]2O[C@H](CN3CCOCC3)[C@@H](O)[C@@H]2O1. The fourth-order valence-electron chi connectivity index (χ4n) is 2.75. The van der Waals surface area contributed by atoms with Crippen molar-refractivity contribution in [3.63, 3.8) is 0 Å². The van der Waals surface area contributed by atoms with E-state index in [1.807, 2.05) is 13.8 Å². The van der Waals surface area contributed by atoms with Gasteiger partial charge in [-0.1, -0.05) is 0 Å². The van der Waals surface area contributed by atoms with Gasteiger partial charge >= 0.3 is 0 Å². The largest absolute Gasteiger partial charge is 0.387 e. The van der Waals surface area contributed by atoms with Crippen molar-refractivity contribution in [3.8, 4) is 0 Å². The van der Waals surface area contributed by atoms with Gasteiger partial charge < -0.3 is 24.1 Å². The lowest BCUT2D eigenvalue weighted by molar-refractivity contribution is -0.217. The zero-order valence-electron chi connectivity index (χ0n) is 10.9. The molecule has 6 heteroatoms. The standard InChI is InChI=1S/C12H21NO5/c1-12(2)17-10-9(14)8(16-11(10)18-12)7-13-3-5-15-6-4-13/h8-11,14H,3-7H2,1-2H3/t8-,9-,10+,11-/m1/s1. The third-order valence-corrected chi connectivity index (χ3v) is 3.66. The predicted molar refractivity (Wildman–Crippen MR) is 62.0 cm³/mol. The number of nitrogens with zero attached hydrogens (tertiary/aromatic N) is 1. The van der Waals surface area contributed by atoms with Gasteiger partial charge in [-0.3, -0.25) is 4.90 Å². The van der Waals surface area contributed by atoms with Crippen molar-refractivity contribution >= 4 is 0 Å². The van der Waals surface area contributed by atoms with Crippen LogP contribution >= 0.6 is 0 Å². The smallest absolute Gasteiger partial charge is 0.190 e. The average molecular weight is 259 g/mol. The summed E-state index contributed by atoms with van der Waals surface area (Å²) in [7, 11) is 0. The minimum atomic E-state index is -0.666. The number of aliphatic hydroxyl groups excluding tert-OH is 1. The highest BCUT2D eigenvalue weighted by molar-refractivity contribution is 4.94. The van der Waals surface area contributed by atoms with Crippen LogP contribution in [0, 0.1) is 0 Å². The Labute approximate surface area is 107 Å². The van der Waals surface area contributed by atoms with Crippen molar-refractivity contribution in [1.29, 1.82) is 0 Å². The number of aliphatic hydroxyl groups is 1. The minimum Gasteiger partial charge on any atom is -0.387 e. The van der Waals surface area contributed by atoms with Crippen LogP contribution in [-0.2, 0) is 18.9 Å². The van der Waals surface area contributed by atoms with Gasteiger partial charge in [-0.05, 0) is 13.8 Å². The number of rotatable bonds is 2. The maximum Gasteiger partial charge on any atom is 0.190 e. The Morgan fingerprint density at radius 3 is 2.61 bits per heavy atom. The second-order valence-corrected chi connectivity index (χ2v) is 5.55. The number of hydrogen-bond donors (Lipinski definition) is 1. The second kappa shape index (κ2) is 4.70. The first-order valence-electron chi connectivity index (χ1n) is 6.54. The van der Waals surface area contributed by atoms with E-state index in [0.717, 1.165) is 26.3 Å². The number of fused-ring (bicyclic) bond motifs is 1. The predicted octanol–water partition coefficient (Wildman–Crippen LogP) is -0.444. The van der Waals surface area contributed by atoms with Crippen molar-refractivity contribution in [1.82, 2.24) is 4.90 Å². The molecule has 3 rings (SSSR count). The van der Waals surface area contributed by atoms with Gasteiger partial charge in [0.15, 0.2) is 12.1 Å². The fraction of sp³-hybridized carbons (Fsp3) is 1.00. The van der Waals surface area contributed by atoms with E-state index in [1.54, 1.807) is 0 Å². The molecular weight excluding hydrogens is 238 g/mol. The van der Waals surface area contributed by atoms with Gasteiger partial charge in [0.05, 0.1) is 13.2 Å². The molecule has 1 N–H and O–H groups in total. The zero-order valence-corrected chi connectivity index (χ0v) is 10.9. The molecule has 3 fully saturated rings. The molecule has 18 heavy (non-hydrogen) atoms. The Kier molecular flexibility index (Phi) is 3.34. The van der Waals surface area contributed by atoms with Gasteiger partial charge in [-0.2, -0.15) is 0 Å². The molecule has 0 aromatic heterocycles. The second-order valence-electron chi connectivity index (χ2n) is 5.55. The van der Waals surface area contributed by atoms with Crippen LogP contribution in [0.1, 0.15) is 13.8 Å². The van der Waals surface area contributed by atoms with E-state index in [2.05, 4.69) is 4.90 Å². The summed E-state index contributed by atoms with van der Waals surface area (Å²) < 4.78 is 22.3. The van der Waals surface area contributed by atoms with Crippen LogP contribution in [0.15, 0.2) is 0 Å². The molecule has 0 amide bonds. The summed E-state index contributed by atoms with van der Waals surface area (Å²) in [6, 6.07) is 0. The van der Waals surface area contributed by atoms with Crippen molar-refractivity contribution in [2.75, 3.05) is 32.8 Å². The Bertz CT molecular complexity index is 305. The Morgan fingerprint density at radius 2 is 1.94 bits per heavy atom. The summed E-state index contributed by atoms with van der Waals surface area (Å²) in [5, 5.41) is 10.2. The third kappa shape index (κ3) is 2.41. The molecule has 3 aliphatic rings. The first-order chi connectivity index (χ1) is 8.55. The Balaban J connectivity index is 1.57. The minimum absolute atomic E-state index is 0.241. The lowest BCUT2D eigenvalue weighted by Crippen LogP contribution is -2.45. The molecule has 0 spiro atoms. The van der Waals surface area contributed by atoms with Crippen molar-refractivity contribution in [2.45, 2.75) is 44.2 Å². The van der Waals surface area contributed by atoms with Crippen molar-refractivity contribution in [3.05, 3.63) is 0 Å². The summed E-state index contributed by atoms with van der Waals surface area (Å²) >= 11 is 0. The van der Waals surface area contributed by atoms with Crippen LogP contribution in [0.3, 0.4) is 0 Å². The molecule has 6 nitrogen and oxygen atoms in total. The van der Waals surface area contributed by atoms with Crippen molar-refractivity contribution < 1.29 is 24.1 Å². The molecule has 0 aromatic carbocycles. The molecule has 3 saturated heterocycles. The monoisotopic (exact) mass is 259 g/mol. The van der Waals surface area contributed by atoms with E-state index in [4.69, 9.17) is 18.9 Å². The molecule has 0 saturated carbocycles. The maximum absolute atomic E-state index is 10.2. The number of hydrogen-bond acceptors (Lipinski definition) is 6. The average Bonchev–Trinajstić information content (AvgIpc) is 2.76. The summed E-state index contributed by atoms with van der Waals surface area (Å²) in [5.41, 5.74) is 0. The molecule has 3 heterocycles. The zero-order chi connectivity index (χ0) is 12.8. The molecule has 104 valence electrons. The third-order valence-electron chi connectivity index (χ3n) is 3.66. The van der Waals surface area contributed by atoms with E-state index in [9.17, 15) is 5.11 Å². The molecule has 3 aliphatic heterocycles. The summed E-state index contributed by atoms with van der Waals surface area (Å²) in [5.74, 6) is -0.666. The molecule has 0 aliphatic carbocycles. The van der Waals surface area contributed by atoms with E-state index in [0.29, 0.717) is 6.54 Å². The van der Waals surface area contributed by atoms with E-state index in [-0.39, 0.29) is 12.2 Å². The van der Waals surface area contributed by atoms with E-state index < -0.39 is 18.2 Å². The highest BCUT2D eigenvalue weighted by atomic mass is 16.8. The topological polar surface area (TPSA) is 60.4 Å². The lowest BCUT2D eigenvalue weighted by atomic mass is 10.1. The van der Waals surface area contributed by atoms with Crippen LogP contribution in [0.5, 0.6) is 0 Å². The van der Waals surface area contributed by atoms with Crippen molar-refractivity contribution in [2.24, 2.45) is 0 Å². The van der Waals surface area contributed by atoms with Crippen LogP contribution in [-0.4, -0.2) is 73.2 Å². The first-order valence-corrected chi connectivity index (χ1v) is 6.54. The molecule has 0 bridgehead atoms. The van der Waals surface area contributed by atoms with Gasteiger partial charge in [-0.15, -0.1) is 0 Å². The Morgan fingerprint density at radius 1 is 1.22 bits per heavy atom. The molecule has 4 atom stereocenters. The summed E-state index contributed by atoms with van der Waals surface area (Å²) in [4.78, 5) is 2.24. The van der Waals surface area contributed by atoms with Gasteiger partial charge in [0, 0.05) is 19.6 Å². The normalized spacial score (nSPS) is 44.2. The van der Waals surface area contributed by atoms with Gasteiger partial charge in [0.2, 0.25) is 0 Å². The Hall–Kier alpha value is -0.240. The fourth-order valence-corrected chi connectivity index (χ4v) is 2.75. The maximum atomic E-state index is 10.2. The highest BCUT2D eigenvalue weighted by Crippen LogP contribution is 2.37. The first kappa shape index (κ1) is 12.8.